The molecule has 0 aromatic rings. The summed E-state index contributed by atoms with van der Waals surface area (Å²) in [5.74, 6) is 0.0915. The topological polar surface area (TPSA) is 37.4 Å². The van der Waals surface area contributed by atoms with Crippen LogP contribution in [-0.4, -0.2) is 33.4 Å². The lowest BCUT2D eigenvalue weighted by Crippen LogP contribution is -2.39. The fraction of sp³-hybridized carbons (Fsp3) is 0.857. The molecule has 1 aliphatic rings. The molecule has 1 saturated heterocycles. The van der Waals surface area contributed by atoms with Gasteiger partial charge in [0.15, 0.2) is 0 Å². The summed E-state index contributed by atoms with van der Waals surface area (Å²) in [5.41, 5.74) is 0. The highest BCUT2D eigenvalue weighted by Crippen LogP contribution is 2.17. The molecule has 1 unspecified atom stereocenters. The molecular formula is C7H12ClNO2S. The first-order valence-electron chi connectivity index (χ1n) is 3.93. The molecule has 1 fully saturated rings. The summed E-state index contributed by atoms with van der Waals surface area (Å²) in [5, 5.41) is 0.0715. The van der Waals surface area contributed by atoms with E-state index in [1.165, 1.54) is 0 Å². The van der Waals surface area contributed by atoms with Crippen molar-refractivity contribution in [2.24, 2.45) is 0 Å². The van der Waals surface area contributed by atoms with Crippen molar-refractivity contribution >= 4 is 26.6 Å². The van der Waals surface area contributed by atoms with Crippen LogP contribution in [0.2, 0.25) is 0 Å². The zero-order valence-corrected chi connectivity index (χ0v) is 8.53. The van der Waals surface area contributed by atoms with Crippen molar-refractivity contribution in [3.8, 4) is 0 Å². The van der Waals surface area contributed by atoms with Crippen LogP contribution in [0.4, 0.5) is 0 Å². The first-order chi connectivity index (χ1) is 5.61. The Morgan fingerprint density at radius 2 is 2.00 bits per heavy atom. The molecule has 1 amide bonds. The zero-order valence-electron chi connectivity index (χ0n) is 6.96. The van der Waals surface area contributed by atoms with Gasteiger partial charge in [0.2, 0.25) is 5.91 Å². The number of piperidine rings is 1. The molecular weight excluding hydrogens is 198 g/mol. The van der Waals surface area contributed by atoms with E-state index in [1.807, 2.05) is 0 Å². The predicted molar refractivity (Wildman–Crippen MR) is 49.3 cm³/mol. The third-order valence-electron chi connectivity index (χ3n) is 2.15. The highest BCUT2D eigenvalue weighted by molar-refractivity contribution is 8.08. The van der Waals surface area contributed by atoms with Gasteiger partial charge in [0.1, 0.15) is 10.0 Å². The zero-order chi connectivity index (χ0) is 9.14. The molecule has 3 nitrogen and oxygen atoms in total. The summed E-state index contributed by atoms with van der Waals surface area (Å²) in [4.78, 5) is 12.7. The SMILES string of the molecule is CC(=O)N1CCC(S(=O)Cl)CC1. The molecule has 0 aromatic carbocycles. The number of carbonyl (C=O) groups is 1. The number of likely N-dealkylation sites (tertiary alicyclic amines) is 1. The van der Waals surface area contributed by atoms with Crippen molar-refractivity contribution in [3.63, 3.8) is 0 Å². The van der Waals surface area contributed by atoms with E-state index >= 15 is 0 Å². The van der Waals surface area contributed by atoms with Crippen molar-refractivity contribution < 1.29 is 9.00 Å². The second kappa shape index (κ2) is 4.23. The Bertz CT molecular complexity index is 180. The van der Waals surface area contributed by atoms with Crippen LogP contribution in [0.5, 0.6) is 0 Å². The Morgan fingerprint density at radius 1 is 1.50 bits per heavy atom. The molecule has 0 spiro atoms. The minimum absolute atomic E-state index is 0.0715. The molecule has 1 rings (SSSR count). The lowest BCUT2D eigenvalue weighted by atomic mass is 10.1. The van der Waals surface area contributed by atoms with E-state index in [0.717, 1.165) is 12.8 Å². The first-order valence-corrected chi connectivity index (χ1v) is 5.97. The van der Waals surface area contributed by atoms with E-state index in [2.05, 4.69) is 0 Å². The molecule has 0 N–H and O–H groups in total. The Labute approximate surface area is 79.0 Å². The molecule has 0 radical (unpaired) electrons. The van der Waals surface area contributed by atoms with Gasteiger partial charge >= 0.3 is 0 Å². The van der Waals surface area contributed by atoms with E-state index in [-0.39, 0.29) is 11.2 Å². The minimum Gasteiger partial charge on any atom is -0.343 e. The quantitative estimate of drug-likeness (QED) is 0.602. The Kier molecular flexibility index (Phi) is 3.53. The number of halogens is 1. The van der Waals surface area contributed by atoms with E-state index in [9.17, 15) is 9.00 Å². The molecule has 1 heterocycles. The normalized spacial score (nSPS) is 22.3. The van der Waals surface area contributed by atoms with Gasteiger partial charge in [-0.1, -0.05) is 0 Å². The summed E-state index contributed by atoms with van der Waals surface area (Å²) < 4.78 is 10.8. The summed E-state index contributed by atoms with van der Waals surface area (Å²) in [6.45, 7) is 2.94. The molecule has 1 atom stereocenters. The van der Waals surface area contributed by atoms with Gasteiger partial charge in [-0.05, 0) is 23.5 Å². The van der Waals surface area contributed by atoms with Crippen molar-refractivity contribution in [1.82, 2.24) is 4.90 Å². The van der Waals surface area contributed by atoms with Crippen molar-refractivity contribution in [2.75, 3.05) is 13.1 Å². The molecule has 0 bridgehead atoms. The Hall–Kier alpha value is -0.0900. The number of nitrogens with zero attached hydrogens (tertiary/aromatic N) is 1. The number of hydrogen-bond donors (Lipinski definition) is 0. The highest BCUT2D eigenvalue weighted by Gasteiger charge is 2.23. The number of amides is 1. The fourth-order valence-electron chi connectivity index (χ4n) is 1.36. The molecule has 0 aromatic heterocycles. The number of rotatable bonds is 1. The van der Waals surface area contributed by atoms with Gasteiger partial charge in [0, 0.05) is 20.0 Å². The fourth-order valence-corrected chi connectivity index (χ4v) is 2.47. The van der Waals surface area contributed by atoms with Crippen LogP contribution in [-0.2, 0) is 14.8 Å². The second-order valence-electron chi connectivity index (χ2n) is 2.95. The average molecular weight is 210 g/mol. The van der Waals surface area contributed by atoms with Crippen molar-refractivity contribution in [1.29, 1.82) is 0 Å². The maximum absolute atomic E-state index is 10.9. The minimum atomic E-state index is -1.25. The summed E-state index contributed by atoms with van der Waals surface area (Å²) >= 11 is 0. The van der Waals surface area contributed by atoms with E-state index < -0.39 is 10.0 Å². The lowest BCUT2D eigenvalue weighted by Gasteiger charge is -2.29. The van der Waals surface area contributed by atoms with Crippen LogP contribution >= 0.6 is 10.7 Å². The lowest BCUT2D eigenvalue weighted by molar-refractivity contribution is -0.129. The monoisotopic (exact) mass is 209 g/mol. The second-order valence-corrected chi connectivity index (χ2v) is 5.03. The van der Waals surface area contributed by atoms with Crippen LogP contribution in [0.3, 0.4) is 0 Å². The molecule has 70 valence electrons. The first kappa shape index (κ1) is 9.99. The largest absolute Gasteiger partial charge is 0.343 e. The van der Waals surface area contributed by atoms with Gasteiger partial charge < -0.3 is 4.90 Å². The number of carbonyl (C=O) groups excluding carboxylic acids is 1. The average Bonchev–Trinajstić information content (AvgIpc) is 2.04. The van der Waals surface area contributed by atoms with Gasteiger partial charge in [0.05, 0.1) is 5.25 Å². The predicted octanol–water partition coefficient (Wildman–Crippen LogP) is 0.900. The highest BCUT2D eigenvalue weighted by atomic mass is 35.7. The molecule has 0 saturated carbocycles. The third kappa shape index (κ3) is 2.45. The van der Waals surface area contributed by atoms with Crippen molar-refractivity contribution in [2.45, 2.75) is 25.0 Å². The molecule has 5 heteroatoms. The summed E-state index contributed by atoms with van der Waals surface area (Å²) in [7, 11) is 4.21. The van der Waals surface area contributed by atoms with E-state index in [0.29, 0.717) is 13.1 Å². The van der Waals surface area contributed by atoms with Crippen LogP contribution in [0, 0.1) is 0 Å². The van der Waals surface area contributed by atoms with Gasteiger partial charge in [-0.25, -0.2) is 4.21 Å². The van der Waals surface area contributed by atoms with Crippen molar-refractivity contribution in [3.05, 3.63) is 0 Å². The van der Waals surface area contributed by atoms with Gasteiger partial charge in [-0.3, -0.25) is 4.79 Å². The van der Waals surface area contributed by atoms with Gasteiger partial charge in [0.25, 0.3) is 0 Å². The van der Waals surface area contributed by atoms with Crippen LogP contribution in [0.25, 0.3) is 0 Å². The van der Waals surface area contributed by atoms with Gasteiger partial charge in [-0.15, -0.1) is 0 Å². The van der Waals surface area contributed by atoms with Crippen LogP contribution in [0.15, 0.2) is 0 Å². The molecule has 0 aliphatic carbocycles. The summed E-state index contributed by atoms with van der Waals surface area (Å²) in [6, 6.07) is 0. The maximum Gasteiger partial charge on any atom is 0.219 e. The van der Waals surface area contributed by atoms with Crippen LogP contribution in [0.1, 0.15) is 19.8 Å². The molecule has 1 aliphatic heterocycles. The van der Waals surface area contributed by atoms with E-state index in [1.54, 1.807) is 11.8 Å². The molecule has 12 heavy (non-hydrogen) atoms. The smallest absolute Gasteiger partial charge is 0.219 e. The Balaban J connectivity index is 2.39. The maximum atomic E-state index is 10.9. The van der Waals surface area contributed by atoms with E-state index in [4.69, 9.17) is 10.7 Å². The number of hydrogen-bond acceptors (Lipinski definition) is 2. The third-order valence-corrected chi connectivity index (χ3v) is 3.90. The summed E-state index contributed by atoms with van der Waals surface area (Å²) in [6.07, 6.45) is 1.52. The van der Waals surface area contributed by atoms with Crippen LogP contribution < -0.4 is 0 Å². The Morgan fingerprint density at radius 3 is 2.33 bits per heavy atom. The standard InChI is InChI=1S/C7H12ClNO2S/c1-6(10)9-4-2-7(3-5-9)12(8)11/h7H,2-5H2,1H3. The van der Waals surface area contributed by atoms with Gasteiger partial charge in [-0.2, -0.15) is 0 Å².